The molecule has 0 bridgehead atoms. The minimum atomic E-state index is 0.614. The van der Waals surface area contributed by atoms with Crippen molar-refractivity contribution in [1.82, 2.24) is 15.1 Å². The Bertz CT molecular complexity index is 454. The topological polar surface area (TPSA) is 51.8 Å². The summed E-state index contributed by atoms with van der Waals surface area (Å²) < 4.78 is 5.10. The predicted molar refractivity (Wildman–Crippen MR) is 63.0 cm³/mol. The van der Waals surface area contributed by atoms with Crippen molar-refractivity contribution in [2.45, 2.75) is 26.2 Å². The Hall–Kier alpha value is -0.940. The number of aryl methyl sites for hydroxylation is 2. The van der Waals surface area contributed by atoms with Crippen LogP contribution in [-0.2, 0) is 12.8 Å². The number of rotatable bonds is 5. The molecule has 2 rings (SSSR count). The van der Waals surface area contributed by atoms with Crippen LogP contribution >= 0.6 is 22.9 Å². The van der Waals surface area contributed by atoms with Crippen molar-refractivity contribution >= 4 is 22.9 Å². The van der Waals surface area contributed by atoms with Gasteiger partial charge in [0.2, 0.25) is 5.89 Å². The second-order valence-electron chi connectivity index (χ2n) is 3.43. The second kappa shape index (κ2) is 5.41. The molecule has 0 aliphatic heterocycles. The van der Waals surface area contributed by atoms with Gasteiger partial charge in [-0.15, -0.1) is 22.9 Å². The lowest BCUT2D eigenvalue weighted by Gasteiger charge is -1.88. The Morgan fingerprint density at radius 1 is 1.44 bits per heavy atom. The van der Waals surface area contributed by atoms with E-state index in [1.54, 1.807) is 11.3 Å². The lowest BCUT2D eigenvalue weighted by molar-refractivity contribution is 0.373. The highest BCUT2D eigenvalue weighted by Gasteiger charge is 2.08. The molecule has 86 valence electrons. The quantitative estimate of drug-likeness (QED) is 0.773. The molecule has 0 aromatic carbocycles. The van der Waals surface area contributed by atoms with Gasteiger partial charge in [-0.05, 0) is 13.3 Å². The van der Waals surface area contributed by atoms with E-state index >= 15 is 0 Å². The SMILES string of the molecule is Cc1nc(Cc2noc(CCCCl)n2)cs1. The predicted octanol–water partition coefficient (Wildman–Crippen LogP) is 2.60. The largest absolute Gasteiger partial charge is 0.339 e. The third-order valence-electron chi connectivity index (χ3n) is 2.04. The highest BCUT2D eigenvalue weighted by Crippen LogP contribution is 2.11. The van der Waals surface area contributed by atoms with E-state index in [-0.39, 0.29) is 0 Å². The molecule has 0 saturated carbocycles. The molecule has 0 aliphatic rings. The molecule has 0 amide bonds. The van der Waals surface area contributed by atoms with Gasteiger partial charge in [-0.25, -0.2) is 4.98 Å². The van der Waals surface area contributed by atoms with Crippen molar-refractivity contribution in [3.05, 3.63) is 27.8 Å². The fourth-order valence-corrected chi connectivity index (χ4v) is 2.08. The van der Waals surface area contributed by atoms with Crippen molar-refractivity contribution in [3.8, 4) is 0 Å². The maximum absolute atomic E-state index is 5.59. The highest BCUT2D eigenvalue weighted by molar-refractivity contribution is 7.09. The Labute approximate surface area is 103 Å². The number of thiazole rings is 1. The number of hydrogen-bond acceptors (Lipinski definition) is 5. The van der Waals surface area contributed by atoms with Crippen LogP contribution in [0.25, 0.3) is 0 Å². The third kappa shape index (κ3) is 3.02. The maximum atomic E-state index is 5.59. The lowest BCUT2D eigenvalue weighted by atomic mass is 10.3. The van der Waals surface area contributed by atoms with Gasteiger partial charge in [0, 0.05) is 17.7 Å². The van der Waals surface area contributed by atoms with Crippen LogP contribution in [0.2, 0.25) is 0 Å². The number of hydrogen-bond donors (Lipinski definition) is 0. The summed E-state index contributed by atoms with van der Waals surface area (Å²) in [6.07, 6.45) is 2.24. The summed E-state index contributed by atoms with van der Waals surface area (Å²) >= 11 is 7.22. The van der Waals surface area contributed by atoms with E-state index in [2.05, 4.69) is 15.1 Å². The van der Waals surface area contributed by atoms with E-state index < -0.39 is 0 Å². The van der Waals surface area contributed by atoms with Gasteiger partial charge in [0.05, 0.1) is 17.1 Å². The molecule has 0 aliphatic carbocycles. The summed E-state index contributed by atoms with van der Waals surface area (Å²) in [5, 5.41) is 6.98. The molecule has 0 unspecified atom stereocenters. The molecule has 2 aromatic rings. The summed E-state index contributed by atoms with van der Waals surface area (Å²) in [5.74, 6) is 1.96. The van der Waals surface area contributed by atoms with Gasteiger partial charge in [0.15, 0.2) is 5.82 Å². The van der Waals surface area contributed by atoms with Crippen molar-refractivity contribution in [3.63, 3.8) is 0 Å². The molecule has 0 radical (unpaired) electrons. The molecule has 6 heteroatoms. The van der Waals surface area contributed by atoms with Crippen molar-refractivity contribution in [1.29, 1.82) is 0 Å². The zero-order valence-corrected chi connectivity index (χ0v) is 10.5. The third-order valence-corrected chi connectivity index (χ3v) is 3.13. The van der Waals surface area contributed by atoms with Gasteiger partial charge in [-0.2, -0.15) is 4.98 Å². The first-order valence-corrected chi connectivity index (χ1v) is 6.48. The van der Waals surface area contributed by atoms with Gasteiger partial charge in [0.25, 0.3) is 0 Å². The first kappa shape index (κ1) is 11.5. The highest BCUT2D eigenvalue weighted by atomic mass is 35.5. The van der Waals surface area contributed by atoms with Crippen LogP contribution in [0.15, 0.2) is 9.90 Å². The molecular weight excluding hydrogens is 246 g/mol. The van der Waals surface area contributed by atoms with Crippen molar-refractivity contribution in [2.24, 2.45) is 0 Å². The Morgan fingerprint density at radius 3 is 3.00 bits per heavy atom. The fourth-order valence-electron chi connectivity index (χ4n) is 1.33. The first-order valence-electron chi connectivity index (χ1n) is 5.06. The van der Waals surface area contributed by atoms with E-state index in [0.29, 0.717) is 24.0 Å². The minimum Gasteiger partial charge on any atom is -0.339 e. The van der Waals surface area contributed by atoms with Crippen LogP contribution in [0, 0.1) is 6.92 Å². The van der Waals surface area contributed by atoms with Crippen LogP contribution in [0.1, 0.15) is 28.8 Å². The van der Waals surface area contributed by atoms with Crippen LogP contribution in [0.3, 0.4) is 0 Å². The van der Waals surface area contributed by atoms with E-state index in [9.17, 15) is 0 Å². The van der Waals surface area contributed by atoms with Crippen molar-refractivity contribution < 1.29 is 4.52 Å². The van der Waals surface area contributed by atoms with Crippen LogP contribution in [0.4, 0.5) is 0 Å². The first-order chi connectivity index (χ1) is 7.78. The van der Waals surface area contributed by atoms with Gasteiger partial charge in [0.1, 0.15) is 0 Å². The molecule has 2 aromatic heterocycles. The van der Waals surface area contributed by atoms with Crippen LogP contribution < -0.4 is 0 Å². The smallest absolute Gasteiger partial charge is 0.226 e. The normalized spacial score (nSPS) is 10.9. The van der Waals surface area contributed by atoms with Crippen LogP contribution in [-0.4, -0.2) is 21.0 Å². The Kier molecular flexibility index (Phi) is 3.90. The van der Waals surface area contributed by atoms with Gasteiger partial charge in [-0.3, -0.25) is 0 Å². The Morgan fingerprint density at radius 2 is 2.31 bits per heavy atom. The van der Waals surface area contributed by atoms with E-state index in [0.717, 1.165) is 23.5 Å². The molecular formula is C10H12ClN3OS. The standard InChI is InChI=1S/C10H12ClN3OS/c1-7-12-8(6-16-7)5-9-13-10(15-14-9)3-2-4-11/h6H,2-5H2,1H3. The summed E-state index contributed by atoms with van der Waals surface area (Å²) in [5.41, 5.74) is 0.993. The average molecular weight is 258 g/mol. The number of alkyl halides is 1. The molecule has 0 N–H and O–H groups in total. The summed E-state index contributed by atoms with van der Waals surface area (Å²) in [6, 6.07) is 0. The fraction of sp³-hybridized carbons (Fsp3) is 0.500. The van der Waals surface area contributed by atoms with Crippen LogP contribution in [0.5, 0.6) is 0 Å². The van der Waals surface area contributed by atoms with Gasteiger partial charge >= 0.3 is 0 Å². The van der Waals surface area contributed by atoms with Gasteiger partial charge in [-0.1, -0.05) is 5.16 Å². The van der Waals surface area contributed by atoms with Gasteiger partial charge < -0.3 is 4.52 Å². The minimum absolute atomic E-state index is 0.614. The average Bonchev–Trinajstić information content (AvgIpc) is 2.86. The zero-order chi connectivity index (χ0) is 11.4. The summed E-state index contributed by atoms with van der Waals surface area (Å²) in [6.45, 7) is 1.98. The second-order valence-corrected chi connectivity index (χ2v) is 4.87. The van der Waals surface area contributed by atoms with E-state index in [4.69, 9.17) is 16.1 Å². The molecule has 0 atom stereocenters. The molecule has 4 nitrogen and oxygen atoms in total. The lowest BCUT2D eigenvalue weighted by Crippen LogP contribution is -1.92. The molecule has 0 saturated heterocycles. The molecule has 0 spiro atoms. The van der Waals surface area contributed by atoms with E-state index in [1.807, 2.05) is 12.3 Å². The summed E-state index contributed by atoms with van der Waals surface area (Å²) in [7, 11) is 0. The molecule has 2 heterocycles. The number of halogens is 1. The number of aromatic nitrogens is 3. The maximum Gasteiger partial charge on any atom is 0.226 e. The number of nitrogens with zero attached hydrogens (tertiary/aromatic N) is 3. The summed E-state index contributed by atoms with van der Waals surface area (Å²) in [4.78, 5) is 8.63. The molecule has 0 fully saturated rings. The monoisotopic (exact) mass is 257 g/mol. The van der Waals surface area contributed by atoms with Crippen molar-refractivity contribution in [2.75, 3.05) is 5.88 Å². The zero-order valence-electron chi connectivity index (χ0n) is 8.94. The van der Waals surface area contributed by atoms with E-state index in [1.165, 1.54) is 0 Å². The molecule has 16 heavy (non-hydrogen) atoms. The Balaban J connectivity index is 1.97.